The van der Waals surface area contributed by atoms with Gasteiger partial charge < -0.3 is 15.0 Å². The van der Waals surface area contributed by atoms with Crippen LogP contribution < -0.4 is 20.4 Å². The second-order valence-electron chi connectivity index (χ2n) is 6.26. The number of carbonyl (C=O) groups excluding carboxylic acids is 1. The average Bonchev–Trinajstić information content (AvgIpc) is 3.16. The van der Waals surface area contributed by atoms with Gasteiger partial charge >= 0.3 is 6.03 Å². The lowest BCUT2D eigenvalue weighted by atomic mass is 10.1. The number of para-hydroxylation sites is 2. The normalized spacial score (nSPS) is 13.8. The van der Waals surface area contributed by atoms with E-state index in [4.69, 9.17) is 4.74 Å². The van der Waals surface area contributed by atoms with Crippen molar-refractivity contribution in [3.8, 4) is 5.75 Å². The molecule has 0 unspecified atom stereocenters. The van der Waals surface area contributed by atoms with Crippen molar-refractivity contribution in [3.05, 3.63) is 53.6 Å². The number of anilines is 2. The molecule has 0 bridgehead atoms. The Bertz CT molecular complexity index is 798. The molecule has 6 heteroatoms. The van der Waals surface area contributed by atoms with Crippen LogP contribution >= 0.6 is 0 Å². The average molecular weight is 352 g/mol. The van der Waals surface area contributed by atoms with Crippen LogP contribution in [0.2, 0.25) is 0 Å². The first-order valence-corrected chi connectivity index (χ1v) is 8.76. The summed E-state index contributed by atoms with van der Waals surface area (Å²) in [6.45, 7) is 4.35. The van der Waals surface area contributed by atoms with E-state index in [2.05, 4.69) is 39.8 Å². The van der Waals surface area contributed by atoms with Crippen LogP contribution in [-0.2, 0) is 0 Å². The Balaban J connectivity index is 1.58. The first-order valence-electron chi connectivity index (χ1n) is 8.76. The molecular weight excluding hydrogens is 328 g/mol. The summed E-state index contributed by atoms with van der Waals surface area (Å²) in [7, 11) is 1.56. The number of methoxy groups -OCH3 is 1. The number of urea groups is 1. The predicted octanol–water partition coefficient (Wildman–Crippen LogP) is 3.76. The molecular formula is C20H24N4O2. The summed E-state index contributed by atoms with van der Waals surface area (Å²) in [6.07, 6.45) is 4.16. The van der Waals surface area contributed by atoms with Crippen molar-refractivity contribution in [1.82, 2.24) is 5.43 Å². The smallest absolute Gasteiger partial charge is 0.339 e. The number of aryl methyl sites for hydroxylation is 1. The van der Waals surface area contributed by atoms with Crippen LogP contribution in [0.5, 0.6) is 5.75 Å². The van der Waals surface area contributed by atoms with E-state index in [0.29, 0.717) is 11.4 Å². The van der Waals surface area contributed by atoms with Gasteiger partial charge in [0, 0.05) is 18.8 Å². The lowest BCUT2D eigenvalue weighted by Crippen LogP contribution is -2.24. The van der Waals surface area contributed by atoms with Crippen LogP contribution in [0.4, 0.5) is 16.2 Å². The molecule has 1 heterocycles. The molecule has 1 aliphatic rings. The molecule has 6 nitrogen and oxygen atoms in total. The monoisotopic (exact) mass is 352 g/mol. The maximum Gasteiger partial charge on any atom is 0.339 e. The topological polar surface area (TPSA) is 66.0 Å². The highest BCUT2D eigenvalue weighted by Gasteiger charge is 2.14. The minimum Gasteiger partial charge on any atom is -0.495 e. The maximum absolute atomic E-state index is 12.0. The Morgan fingerprint density at radius 2 is 1.96 bits per heavy atom. The van der Waals surface area contributed by atoms with Gasteiger partial charge in [-0.2, -0.15) is 5.10 Å². The lowest BCUT2D eigenvalue weighted by Gasteiger charge is -2.20. The van der Waals surface area contributed by atoms with Crippen LogP contribution in [0.15, 0.2) is 47.6 Å². The lowest BCUT2D eigenvalue weighted by molar-refractivity contribution is 0.252. The molecule has 136 valence electrons. The van der Waals surface area contributed by atoms with E-state index in [1.807, 2.05) is 18.2 Å². The second kappa shape index (κ2) is 8.38. The molecule has 0 aliphatic carbocycles. The fourth-order valence-electron chi connectivity index (χ4n) is 3.14. The third kappa shape index (κ3) is 4.33. The van der Waals surface area contributed by atoms with Crippen molar-refractivity contribution in [2.45, 2.75) is 19.8 Å². The molecule has 26 heavy (non-hydrogen) atoms. The SMILES string of the molecule is COc1ccccc1NC(=O)N/N=C/c1ccc(N2CCCC2)c(C)c1. The number of hydrogen-bond acceptors (Lipinski definition) is 4. The van der Waals surface area contributed by atoms with Crippen molar-refractivity contribution in [2.75, 3.05) is 30.4 Å². The van der Waals surface area contributed by atoms with Gasteiger partial charge in [-0.1, -0.05) is 18.2 Å². The standard InChI is InChI=1S/C20H24N4O2/c1-15-13-16(9-10-18(15)24-11-5-6-12-24)14-21-23-20(25)22-17-7-3-4-8-19(17)26-2/h3-4,7-10,13-14H,5-6,11-12H2,1-2H3,(H2,22,23,25)/b21-14+. The molecule has 1 aliphatic heterocycles. The molecule has 2 N–H and O–H groups in total. The van der Waals surface area contributed by atoms with Gasteiger partial charge in [0.25, 0.3) is 0 Å². The summed E-state index contributed by atoms with van der Waals surface area (Å²) in [5.74, 6) is 0.597. The van der Waals surface area contributed by atoms with Gasteiger partial charge in [-0.05, 0) is 55.2 Å². The Labute approximate surface area is 153 Å². The summed E-state index contributed by atoms with van der Waals surface area (Å²) >= 11 is 0. The van der Waals surface area contributed by atoms with Crippen molar-refractivity contribution in [3.63, 3.8) is 0 Å². The summed E-state index contributed by atoms with van der Waals surface area (Å²) in [4.78, 5) is 14.4. The highest BCUT2D eigenvalue weighted by atomic mass is 16.5. The molecule has 2 aromatic rings. The van der Waals surface area contributed by atoms with Crippen LogP contribution in [0, 0.1) is 6.92 Å². The zero-order chi connectivity index (χ0) is 18.4. The molecule has 0 spiro atoms. The van der Waals surface area contributed by atoms with E-state index in [0.717, 1.165) is 18.7 Å². The van der Waals surface area contributed by atoms with Crippen LogP contribution in [-0.4, -0.2) is 32.4 Å². The number of hydrazone groups is 1. The van der Waals surface area contributed by atoms with Crippen molar-refractivity contribution in [2.24, 2.45) is 5.10 Å². The van der Waals surface area contributed by atoms with E-state index < -0.39 is 6.03 Å². The van der Waals surface area contributed by atoms with E-state index in [9.17, 15) is 4.79 Å². The van der Waals surface area contributed by atoms with Crippen molar-refractivity contribution >= 4 is 23.6 Å². The zero-order valence-corrected chi connectivity index (χ0v) is 15.2. The van der Waals surface area contributed by atoms with Gasteiger partial charge in [0.15, 0.2) is 0 Å². The van der Waals surface area contributed by atoms with Gasteiger partial charge in [0.2, 0.25) is 0 Å². The van der Waals surface area contributed by atoms with Crippen molar-refractivity contribution < 1.29 is 9.53 Å². The molecule has 0 aromatic heterocycles. The molecule has 1 saturated heterocycles. The molecule has 0 saturated carbocycles. The van der Waals surface area contributed by atoms with Gasteiger partial charge in [-0.3, -0.25) is 0 Å². The molecule has 1 fully saturated rings. The second-order valence-corrected chi connectivity index (χ2v) is 6.26. The third-order valence-corrected chi connectivity index (χ3v) is 4.40. The maximum atomic E-state index is 12.0. The fraction of sp³-hybridized carbons (Fsp3) is 0.300. The molecule has 0 atom stereocenters. The minimum atomic E-state index is -0.420. The number of ether oxygens (including phenoxy) is 1. The number of benzene rings is 2. The summed E-state index contributed by atoms with van der Waals surface area (Å²) in [6, 6.07) is 13.0. The molecule has 2 amide bonds. The van der Waals surface area contributed by atoms with E-state index in [-0.39, 0.29) is 0 Å². The Morgan fingerprint density at radius 3 is 2.69 bits per heavy atom. The van der Waals surface area contributed by atoms with E-state index >= 15 is 0 Å². The first kappa shape index (κ1) is 17.8. The Kier molecular flexibility index (Phi) is 5.73. The number of amides is 2. The number of rotatable bonds is 5. The van der Waals surface area contributed by atoms with Crippen LogP contribution in [0.3, 0.4) is 0 Å². The van der Waals surface area contributed by atoms with E-state index in [1.54, 1.807) is 25.5 Å². The number of nitrogens with one attached hydrogen (secondary N) is 2. The van der Waals surface area contributed by atoms with Gasteiger partial charge in [0.05, 0.1) is 19.0 Å². The first-order chi connectivity index (χ1) is 12.7. The Morgan fingerprint density at radius 1 is 1.19 bits per heavy atom. The van der Waals surface area contributed by atoms with Gasteiger partial charge in [-0.25, -0.2) is 10.2 Å². The molecule has 0 radical (unpaired) electrons. The Hall–Kier alpha value is -3.02. The zero-order valence-electron chi connectivity index (χ0n) is 15.2. The summed E-state index contributed by atoms with van der Waals surface area (Å²) in [5.41, 5.74) is 6.51. The quantitative estimate of drug-likeness (QED) is 0.636. The van der Waals surface area contributed by atoms with Gasteiger partial charge in [0.1, 0.15) is 5.75 Å². The highest BCUT2D eigenvalue weighted by Crippen LogP contribution is 2.25. The van der Waals surface area contributed by atoms with Crippen molar-refractivity contribution in [1.29, 1.82) is 0 Å². The van der Waals surface area contributed by atoms with E-state index in [1.165, 1.54) is 24.1 Å². The van der Waals surface area contributed by atoms with Crippen LogP contribution in [0.1, 0.15) is 24.0 Å². The number of carbonyl (C=O) groups is 1. The molecule has 3 rings (SSSR count). The number of nitrogens with zero attached hydrogens (tertiary/aromatic N) is 2. The summed E-state index contributed by atoms with van der Waals surface area (Å²) in [5, 5.41) is 6.73. The minimum absolute atomic E-state index is 0.420. The summed E-state index contributed by atoms with van der Waals surface area (Å²) < 4.78 is 5.20. The fourth-order valence-corrected chi connectivity index (χ4v) is 3.14. The third-order valence-electron chi connectivity index (χ3n) is 4.40. The van der Waals surface area contributed by atoms with Crippen LogP contribution in [0.25, 0.3) is 0 Å². The largest absolute Gasteiger partial charge is 0.495 e. The number of hydrogen-bond donors (Lipinski definition) is 2. The van der Waals surface area contributed by atoms with Gasteiger partial charge in [-0.15, -0.1) is 0 Å². The molecule has 2 aromatic carbocycles. The predicted molar refractivity (Wildman–Crippen MR) is 105 cm³/mol. The highest BCUT2D eigenvalue weighted by molar-refractivity contribution is 5.91.